The topological polar surface area (TPSA) is 68.8 Å². The molecule has 0 aromatic rings. The van der Waals surface area contributed by atoms with E-state index in [0.717, 1.165) is 38.3 Å². The number of nitrogens with zero attached hydrogens (tertiary/aromatic N) is 2. The summed E-state index contributed by atoms with van der Waals surface area (Å²) < 4.78 is 0. The van der Waals surface area contributed by atoms with Crippen molar-refractivity contribution in [2.75, 3.05) is 39.3 Å². The summed E-state index contributed by atoms with van der Waals surface area (Å²) >= 11 is 0. The third-order valence-corrected chi connectivity index (χ3v) is 4.60. The van der Waals surface area contributed by atoms with Gasteiger partial charge in [0.15, 0.2) is 5.96 Å². The Hall–Kier alpha value is -1.30. The SMILES string of the molecule is CCNC(=NCC(CC)N1CCCC1)NCCNC(=O)C1CC1. The van der Waals surface area contributed by atoms with Crippen molar-refractivity contribution in [3.63, 3.8) is 0 Å². The number of hydrogen-bond acceptors (Lipinski definition) is 3. The molecule has 132 valence electrons. The molecule has 2 fully saturated rings. The Balaban J connectivity index is 1.70. The van der Waals surface area contributed by atoms with Crippen molar-refractivity contribution in [2.45, 2.75) is 52.0 Å². The number of aliphatic imine (C=N–C) groups is 1. The van der Waals surface area contributed by atoms with Gasteiger partial charge >= 0.3 is 0 Å². The van der Waals surface area contributed by atoms with Crippen LogP contribution in [0.25, 0.3) is 0 Å². The molecular formula is C17H33N5O. The van der Waals surface area contributed by atoms with Gasteiger partial charge in [-0.15, -0.1) is 0 Å². The van der Waals surface area contributed by atoms with Crippen LogP contribution < -0.4 is 16.0 Å². The highest BCUT2D eigenvalue weighted by Crippen LogP contribution is 2.28. The van der Waals surface area contributed by atoms with Crippen LogP contribution in [-0.2, 0) is 4.79 Å². The predicted molar refractivity (Wildman–Crippen MR) is 94.6 cm³/mol. The van der Waals surface area contributed by atoms with Crippen molar-refractivity contribution in [1.82, 2.24) is 20.9 Å². The first-order valence-electron chi connectivity index (χ1n) is 9.28. The minimum Gasteiger partial charge on any atom is -0.357 e. The van der Waals surface area contributed by atoms with Crippen LogP contribution in [0.4, 0.5) is 0 Å². The Kier molecular flexibility index (Phi) is 7.65. The Labute approximate surface area is 140 Å². The molecule has 1 aliphatic carbocycles. The van der Waals surface area contributed by atoms with Gasteiger partial charge < -0.3 is 16.0 Å². The molecule has 1 saturated heterocycles. The van der Waals surface area contributed by atoms with Gasteiger partial charge in [-0.05, 0) is 52.1 Å². The number of carbonyl (C=O) groups excluding carboxylic acids is 1. The van der Waals surface area contributed by atoms with Crippen molar-refractivity contribution >= 4 is 11.9 Å². The largest absolute Gasteiger partial charge is 0.357 e. The summed E-state index contributed by atoms with van der Waals surface area (Å²) in [5.74, 6) is 1.34. The number of hydrogen-bond donors (Lipinski definition) is 3. The van der Waals surface area contributed by atoms with E-state index >= 15 is 0 Å². The maximum atomic E-state index is 11.6. The normalized spacial score (nSPS) is 20.3. The molecule has 1 aliphatic heterocycles. The number of nitrogens with one attached hydrogen (secondary N) is 3. The predicted octanol–water partition coefficient (Wildman–Crippen LogP) is 0.942. The highest BCUT2D eigenvalue weighted by molar-refractivity contribution is 5.81. The fraction of sp³-hybridized carbons (Fsp3) is 0.882. The summed E-state index contributed by atoms with van der Waals surface area (Å²) in [5, 5.41) is 9.57. The molecular weight excluding hydrogens is 290 g/mol. The molecule has 6 heteroatoms. The molecule has 3 N–H and O–H groups in total. The number of rotatable bonds is 9. The zero-order valence-electron chi connectivity index (χ0n) is 14.7. The van der Waals surface area contributed by atoms with E-state index in [2.05, 4.69) is 34.7 Å². The molecule has 0 radical (unpaired) electrons. The minimum atomic E-state index is 0.203. The van der Waals surface area contributed by atoms with Crippen LogP contribution in [0.5, 0.6) is 0 Å². The highest BCUT2D eigenvalue weighted by Gasteiger charge is 2.29. The summed E-state index contributed by atoms with van der Waals surface area (Å²) in [4.78, 5) is 18.9. The molecule has 6 nitrogen and oxygen atoms in total. The lowest BCUT2D eigenvalue weighted by Crippen LogP contribution is -2.43. The van der Waals surface area contributed by atoms with E-state index in [9.17, 15) is 4.79 Å². The fourth-order valence-electron chi connectivity index (χ4n) is 3.00. The first kappa shape index (κ1) is 18.0. The van der Waals surface area contributed by atoms with Crippen molar-refractivity contribution < 1.29 is 4.79 Å². The molecule has 1 amide bonds. The van der Waals surface area contributed by atoms with E-state index in [0.29, 0.717) is 19.1 Å². The number of carbonyl (C=O) groups is 1. The molecule has 0 spiro atoms. The average Bonchev–Trinajstić information content (AvgIpc) is 3.28. The maximum Gasteiger partial charge on any atom is 0.223 e. The van der Waals surface area contributed by atoms with E-state index in [1.54, 1.807) is 0 Å². The zero-order valence-corrected chi connectivity index (χ0v) is 14.7. The number of amides is 1. The average molecular weight is 323 g/mol. The van der Waals surface area contributed by atoms with Crippen LogP contribution in [0.3, 0.4) is 0 Å². The van der Waals surface area contributed by atoms with Crippen LogP contribution in [0.15, 0.2) is 4.99 Å². The zero-order chi connectivity index (χ0) is 16.5. The third kappa shape index (κ3) is 6.37. The summed E-state index contributed by atoms with van der Waals surface area (Å²) in [6.07, 6.45) is 5.88. The molecule has 1 unspecified atom stereocenters. The van der Waals surface area contributed by atoms with Gasteiger partial charge in [0.1, 0.15) is 0 Å². The second-order valence-corrected chi connectivity index (χ2v) is 6.52. The van der Waals surface area contributed by atoms with Crippen molar-refractivity contribution in [1.29, 1.82) is 0 Å². The lowest BCUT2D eigenvalue weighted by molar-refractivity contribution is -0.122. The summed E-state index contributed by atoms with van der Waals surface area (Å²) in [7, 11) is 0. The van der Waals surface area contributed by atoms with Gasteiger partial charge in [0.05, 0.1) is 6.54 Å². The Morgan fingerprint density at radius 2 is 1.83 bits per heavy atom. The molecule has 1 heterocycles. The van der Waals surface area contributed by atoms with Gasteiger partial charge in [-0.25, -0.2) is 0 Å². The number of likely N-dealkylation sites (tertiary alicyclic amines) is 1. The van der Waals surface area contributed by atoms with Gasteiger partial charge in [-0.1, -0.05) is 6.92 Å². The quantitative estimate of drug-likeness (QED) is 0.336. The van der Waals surface area contributed by atoms with E-state index in [4.69, 9.17) is 4.99 Å². The van der Waals surface area contributed by atoms with Crippen molar-refractivity contribution in [2.24, 2.45) is 10.9 Å². The Bertz CT molecular complexity index is 388. The molecule has 0 bridgehead atoms. The summed E-state index contributed by atoms with van der Waals surface area (Å²) in [6.45, 7) is 9.79. The van der Waals surface area contributed by atoms with Gasteiger partial charge in [0.2, 0.25) is 5.91 Å². The van der Waals surface area contributed by atoms with E-state index in [1.807, 2.05) is 0 Å². The maximum absolute atomic E-state index is 11.6. The van der Waals surface area contributed by atoms with Gasteiger partial charge in [-0.3, -0.25) is 14.7 Å². The summed E-state index contributed by atoms with van der Waals surface area (Å²) in [6, 6.07) is 0.544. The van der Waals surface area contributed by atoms with E-state index in [-0.39, 0.29) is 11.8 Å². The lowest BCUT2D eigenvalue weighted by Gasteiger charge is -2.25. The first-order chi connectivity index (χ1) is 11.2. The van der Waals surface area contributed by atoms with Gasteiger partial charge in [-0.2, -0.15) is 0 Å². The molecule has 23 heavy (non-hydrogen) atoms. The van der Waals surface area contributed by atoms with Crippen LogP contribution in [-0.4, -0.2) is 62.1 Å². The van der Waals surface area contributed by atoms with Gasteiger partial charge in [0.25, 0.3) is 0 Å². The second-order valence-electron chi connectivity index (χ2n) is 6.52. The first-order valence-corrected chi connectivity index (χ1v) is 9.28. The molecule has 0 aromatic heterocycles. The molecule has 0 aromatic carbocycles. The molecule has 1 atom stereocenters. The van der Waals surface area contributed by atoms with Crippen LogP contribution in [0.2, 0.25) is 0 Å². The van der Waals surface area contributed by atoms with Crippen LogP contribution >= 0.6 is 0 Å². The van der Waals surface area contributed by atoms with Crippen LogP contribution in [0.1, 0.15) is 46.0 Å². The minimum absolute atomic E-state index is 0.203. The smallest absolute Gasteiger partial charge is 0.223 e. The highest BCUT2D eigenvalue weighted by atomic mass is 16.2. The molecule has 2 rings (SSSR count). The second kappa shape index (κ2) is 9.75. The summed E-state index contributed by atoms with van der Waals surface area (Å²) in [5.41, 5.74) is 0. The lowest BCUT2D eigenvalue weighted by atomic mass is 10.2. The van der Waals surface area contributed by atoms with Gasteiger partial charge in [0, 0.05) is 31.6 Å². The van der Waals surface area contributed by atoms with Crippen molar-refractivity contribution in [3.05, 3.63) is 0 Å². The van der Waals surface area contributed by atoms with E-state index < -0.39 is 0 Å². The molecule has 2 aliphatic rings. The Morgan fingerprint density at radius 1 is 1.13 bits per heavy atom. The standard InChI is InChI=1S/C17H33N5O/c1-3-15(22-11-5-6-12-22)13-21-17(18-4-2)20-10-9-19-16(23)14-7-8-14/h14-15H,3-13H2,1-2H3,(H,19,23)(H2,18,20,21). The monoisotopic (exact) mass is 323 g/mol. The van der Waals surface area contributed by atoms with Crippen molar-refractivity contribution in [3.8, 4) is 0 Å². The fourth-order valence-corrected chi connectivity index (χ4v) is 3.00. The Morgan fingerprint density at radius 3 is 2.43 bits per heavy atom. The third-order valence-electron chi connectivity index (χ3n) is 4.60. The number of guanidine groups is 1. The molecule has 1 saturated carbocycles. The van der Waals surface area contributed by atoms with Crippen LogP contribution in [0, 0.1) is 5.92 Å². The van der Waals surface area contributed by atoms with E-state index in [1.165, 1.54) is 25.9 Å².